The van der Waals surface area contributed by atoms with Gasteiger partial charge in [0.15, 0.2) is 0 Å². The molecule has 0 spiro atoms. The highest BCUT2D eigenvalue weighted by atomic mass is 35.5. The molecule has 252 valence electrons. The zero-order chi connectivity index (χ0) is 31.8. The minimum absolute atomic E-state index is 0.146. The molecule has 4 fully saturated rings. The number of likely N-dealkylation sites (tertiary alicyclic amines) is 1. The number of hydrogen-bond donors (Lipinski definition) is 3. The number of alkyl halides is 1. The zero-order valence-electron chi connectivity index (χ0n) is 26.6. The summed E-state index contributed by atoms with van der Waals surface area (Å²) < 4.78 is 35.1. The number of hydrogen-bond acceptors (Lipinski definition) is 8. The number of ether oxygens (including phenoxy) is 1. The van der Waals surface area contributed by atoms with E-state index >= 15 is 0 Å². The number of halogens is 1. The number of piperidine rings is 1. The van der Waals surface area contributed by atoms with Crippen LogP contribution in [0.5, 0.6) is 0 Å². The summed E-state index contributed by atoms with van der Waals surface area (Å²) in [6.07, 6.45) is 12.1. The molecule has 0 aromatic heterocycles. The van der Waals surface area contributed by atoms with Gasteiger partial charge in [0.2, 0.25) is 21.8 Å². The van der Waals surface area contributed by atoms with Crippen LogP contribution in [0.25, 0.3) is 0 Å². The van der Waals surface area contributed by atoms with Crippen molar-refractivity contribution in [2.24, 2.45) is 5.92 Å². The van der Waals surface area contributed by atoms with E-state index in [2.05, 4.69) is 25.3 Å². The number of sulfonamides is 1. The van der Waals surface area contributed by atoms with E-state index in [4.69, 9.17) is 16.3 Å². The number of nitrogens with zero attached hydrogens (tertiary/aromatic N) is 3. The number of nitrogens with one attached hydrogen (secondary N) is 3. The van der Waals surface area contributed by atoms with Gasteiger partial charge in [0.1, 0.15) is 6.54 Å². The number of aryl methyl sites for hydroxylation is 1. The maximum atomic E-state index is 13.4. The number of hydrazine groups is 1. The van der Waals surface area contributed by atoms with Crippen molar-refractivity contribution in [2.45, 2.75) is 93.5 Å². The van der Waals surface area contributed by atoms with Crippen molar-refractivity contribution < 1.29 is 22.7 Å². The first-order valence-corrected chi connectivity index (χ1v) is 18.8. The molecule has 3 saturated heterocycles. The van der Waals surface area contributed by atoms with Gasteiger partial charge in [-0.3, -0.25) is 24.4 Å². The summed E-state index contributed by atoms with van der Waals surface area (Å²) in [5.74, 6) is -1.09. The van der Waals surface area contributed by atoms with Crippen LogP contribution in [0.1, 0.15) is 69.8 Å². The Hall–Kier alpha value is -1.80. The van der Waals surface area contributed by atoms with E-state index in [1.807, 2.05) is 0 Å². The van der Waals surface area contributed by atoms with Crippen LogP contribution in [-0.2, 0) is 24.3 Å². The second-order valence-corrected chi connectivity index (χ2v) is 15.4. The van der Waals surface area contributed by atoms with Crippen molar-refractivity contribution in [1.29, 1.82) is 0 Å². The van der Waals surface area contributed by atoms with Gasteiger partial charge >= 0.3 is 0 Å². The Kier molecular flexibility index (Phi) is 12.5. The van der Waals surface area contributed by atoms with E-state index in [0.717, 1.165) is 32.5 Å². The maximum absolute atomic E-state index is 13.4. The Morgan fingerprint density at radius 3 is 2.53 bits per heavy atom. The minimum atomic E-state index is -3.79. The molecule has 0 radical (unpaired) electrons. The SMILES string of the molecule is Cc1ccc(NC(=O)CN2NCC(Cl)C(CN3CCOCC3)C2=O)cc1S(=O)(=O)NCCC1CCCCN1C1CCCCCC1. The second kappa shape index (κ2) is 16.3. The summed E-state index contributed by atoms with van der Waals surface area (Å²) in [4.78, 5) is 31.2. The summed E-state index contributed by atoms with van der Waals surface area (Å²) >= 11 is 6.50. The lowest BCUT2D eigenvalue weighted by molar-refractivity contribution is -0.145. The molecular weight excluding hydrogens is 616 g/mol. The summed E-state index contributed by atoms with van der Waals surface area (Å²) in [7, 11) is -3.79. The lowest BCUT2D eigenvalue weighted by Gasteiger charge is -2.41. The highest BCUT2D eigenvalue weighted by molar-refractivity contribution is 7.89. The predicted octanol–water partition coefficient (Wildman–Crippen LogP) is 3.08. The molecule has 3 unspecified atom stereocenters. The molecule has 3 atom stereocenters. The number of carbonyl (C=O) groups is 2. The molecule has 3 aliphatic heterocycles. The van der Waals surface area contributed by atoms with E-state index in [1.165, 1.54) is 62.4 Å². The number of anilines is 1. The predicted molar refractivity (Wildman–Crippen MR) is 176 cm³/mol. The molecule has 45 heavy (non-hydrogen) atoms. The number of rotatable bonds is 11. The quantitative estimate of drug-likeness (QED) is 0.243. The van der Waals surface area contributed by atoms with E-state index in [9.17, 15) is 18.0 Å². The van der Waals surface area contributed by atoms with Gasteiger partial charge in [0, 0.05) is 50.5 Å². The standard InChI is InChI=1S/C32H51ClN6O5S/c1-24-11-12-25(36-31(40)23-39-32(41)28(29(33)21-34-39)22-37-16-18-44-19-17-37)20-30(24)45(42,43)35-14-13-27-10-6-7-15-38(27)26-8-4-2-3-5-9-26/h11-12,20,26-29,34-35H,2-10,13-19,21-23H2,1H3,(H,36,40). The van der Waals surface area contributed by atoms with Gasteiger partial charge in [-0.05, 0) is 63.3 Å². The molecular formula is C32H51ClN6O5S. The number of carbonyl (C=O) groups excluding carboxylic acids is 2. The van der Waals surface area contributed by atoms with Gasteiger partial charge < -0.3 is 10.1 Å². The maximum Gasteiger partial charge on any atom is 0.245 e. The Morgan fingerprint density at radius 1 is 1.04 bits per heavy atom. The van der Waals surface area contributed by atoms with Gasteiger partial charge in [-0.1, -0.05) is 38.2 Å². The fourth-order valence-electron chi connectivity index (χ4n) is 7.31. The molecule has 1 aromatic carbocycles. The van der Waals surface area contributed by atoms with Crippen LogP contribution >= 0.6 is 11.6 Å². The molecule has 5 rings (SSSR count). The summed E-state index contributed by atoms with van der Waals surface area (Å²) in [6.45, 7) is 6.66. The normalized spacial score (nSPS) is 26.5. The van der Waals surface area contributed by atoms with Crippen LogP contribution < -0.4 is 15.5 Å². The van der Waals surface area contributed by atoms with Crippen LogP contribution in [0.4, 0.5) is 5.69 Å². The molecule has 3 heterocycles. The summed E-state index contributed by atoms with van der Waals surface area (Å²) in [5.41, 5.74) is 3.93. The third kappa shape index (κ3) is 9.39. The fraction of sp³-hybridized carbons (Fsp3) is 0.750. The Bertz CT molecular complexity index is 1250. The van der Waals surface area contributed by atoms with Crippen LogP contribution in [0.15, 0.2) is 23.1 Å². The van der Waals surface area contributed by atoms with E-state index in [1.54, 1.807) is 19.1 Å². The van der Waals surface area contributed by atoms with Crippen molar-refractivity contribution in [3.63, 3.8) is 0 Å². The molecule has 3 N–H and O–H groups in total. The highest BCUT2D eigenvalue weighted by Crippen LogP contribution is 2.29. The second-order valence-electron chi connectivity index (χ2n) is 13.1. The third-order valence-corrected chi connectivity index (χ3v) is 11.9. The number of benzene rings is 1. The minimum Gasteiger partial charge on any atom is -0.379 e. The fourth-order valence-corrected chi connectivity index (χ4v) is 8.89. The molecule has 13 heteroatoms. The van der Waals surface area contributed by atoms with E-state index in [-0.39, 0.29) is 22.7 Å². The first-order valence-electron chi connectivity index (χ1n) is 16.9. The lowest BCUT2D eigenvalue weighted by Crippen LogP contribution is -2.60. The lowest BCUT2D eigenvalue weighted by atomic mass is 9.94. The summed E-state index contributed by atoms with van der Waals surface area (Å²) in [5, 5.41) is 3.72. The van der Waals surface area contributed by atoms with Gasteiger partial charge in [-0.2, -0.15) is 0 Å². The Labute approximate surface area is 273 Å². The Balaban J connectivity index is 1.15. The molecule has 4 aliphatic rings. The highest BCUT2D eigenvalue weighted by Gasteiger charge is 2.38. The molecule has 11 nitrogen and oxygen atoms in total. The van der Waals surface area contributed by atoms with Crippen LogP contribution in [0, 0.1) is 12.8 Å². The largest absolute Gasteiger partial charge is 0.379 e. The van der Waals surface area contributed by atoms with E-state index in [0.29, 0.717) is 56.2 Å². The number of morpholine rings is 1. The molecule has 0 bridgehead atoms. The van der Waals surface area contributed by atoms with Gasteiger partial charge in [-0.15, -0.1) is 11.6 Å². The Morgan fingerprint density at radius 2 is 1.78 bits per heavy atom. The molecule has 1 aromatic rings. The first-order chi connectivity index (χ1) is 21.7. The third-order valence-electron chi connectivity index (χ3n) is 9.85. The van der Waals surface area contributed by atoms with Crippen molar-refractivity contribution >= 4 is 39.1 Å². The van der Waals surface area contributed by atoms with Crippen molar-refractivity contribution in [3.05, 3.63) is 23.8 Å². The zero-order valence-corrected chi connectivity index (χ0v) is 28.2. The smallest absolute Gasteiger partial charge is 0.245 e. The first kappa shape index (κ1) is 34.5. The molecule has 1 saturated carbocycles. The monoisotopic (exact) mass is 666 g/mol. The van der Waals surface area contributed by atoms with Crippen molar-refractivity contribution in [1.82, 2.24) is 25.0 Å². The van der Waals surface area contributed by atoms with Crippen molar-refractivity contribution in [2.75, 3.05) is 64.3 Å². The molecule has 1 aliphatic carbocycles. The average molecular weight is 667 g/mol. The van der Waals surface area contributed by atoms with Gasteiger partial charge in [0.05, 0.1) is 29.4 Å². The number of amides is 2. The average Bonchev–Trinajstić information content (AvgIpc) is 3.32. The van der Waals surface area contributed by atoms with Crippen LogP contribution in [-0.4, -0.2) is 112 Å². The van der Waals surface area contributed by atoms with Crippen molar-refractivity contribution in [3.8, 4) is 0 Å². The molecule has 2 amide bonds. The van der Waals surface area contributed by atoms with Gasteiger partial charge in [-0.25, -0.2) is 18.6 Å². The van der Waals surface area contributed by atoms with Crippen LogP contribution in [0.2, 0.25) is 0 Å². The summed E-state index contributed by atoms with van der Waals surface area (Å²) in [6, 6.07) is 5.90. The topological polar surface area (TPSA) is 123 Å². The van der Waals surface area contributed by atoms with Crippen LogP contribution in [0.3, 0.4) is 0 Å². The van der Waals surface area contributed by atoms with Gasteiger partial charge in [0.25, 0.3) is 0 Å². The van der Waals surface area contributed by atoms with E-state index < -0.39 is 21.8 Å².